The van der Waals surface area contributed by atoms with Gasteiger partial charge in [-0.3, -0.25) is 0 Å². The van der Waals surface area contributed by atoms with Crippen molar-refractivity contribution in [3.63, 3.8) is 0 Å². The zero-order chi connectivity index (χ0) is 12.3. The minimum atomic E-state index is -0.368. The van der Waals surface area contributed by atoms with Gasteiger partial charge in [-0.1, -0.05) is 0 Å². The number of aryl methyl sites for hydroxylation is 1. The predicted molar refractivity (Wildman–Crippen MR) is 63.7 cm³/mol. The van der Waals surface area contributed by atoms with Crippen molar-refractivity contribution in [2.24, 2.45) is 0 Å². The number of rotatable bonds is 4. The van der Waals surface area contributed by atoms with Crippen LogP contribution in [0, 0.1) is 12.7 Å². The number of anilines is 1. The van der Waals surface area contributed by atoms with Crippen LogP contribution in [0.1, 0.15) is 11.3 Å². The van der Waals surface area contributed by atoms with E-state index in [2.05, 4.69) is 5.32 Å². The summed E-state index contributed by atoms with van der Waals surface area (Å²) in [7, 11) is 1.44. The van der Waals surface area contributed by atoms with Crippen LogP contribution in [-0.4, -0.2) is 7.11 Å². The molecule has 0 saturated heterocycles. The first-order chi connectivity index (χ1) is 8.20. The summed E-state index contributed by atoms with van der Waals surface area (Å²) in [6.45, 7) is 2.54. The molecule has 2 rings (SSSR count). The summed E-state index contributed by atoms with van der Waals surface area (Å²) in [6.07, 6.45) is 1.65. The van der Waals surface area contributed by atoms with Crippen LogP contribution >= 0.6 is 0 Å². The minimum Gasteiger partial charge on any atom is -0.494 e. The highest BCUT2D eigenvalue weighted by Gasteiger charge is 2.05. The second kappa shape index (κ2) is 4.91. The van der Waals surface area contributed by atoms with E-state index >= 15 is 0 Å². The van der Waals surface area contributed by atoms with Gasteiger partial charge in [0.05, 0.1) is 19.9 Å². The Morgan fingerprint density at radius 1 is 1.35 bits per heavy atom. The van der Waals surface area contributed by atoms with Gasteiger partial charge in [-0.25, -0.2) is 4.39 Å². The SMILES string of the molecule is COc1cc(NCc2occc2C)ccc1F. The van der Waals surface area contributed by atoms with Crippen LogP contribution in [0.5, 0.6) is 5.75 Å². The molecule has 0 atom stereocenters. The smallest absolute Gasteiger partial charge is 0.165 e. The van der Waals surface area contributed by atoms with Crippen molar-refractivity contribution in [1.82, 2.24) is 0 Å². The molecule has 0 saturated carbocycles. The van der Waals surface area contributed by atoms with E-state index in [1.807, 2.05) is 13.0 Å². The van der Waals surface area contributed by atoms with Gasteiger partial charge in [0, 0.05) is 11.8 Å². The van der Waals surface area contributed by atoms with Crippen molar-refractivity contribution in [3.8, 4) is 5.75 Å². The van der Waals surface area contributed by atoms with Crippen molar-refractivity contribution in [1.29, 1.82) is 0 Å². The summed E-state index contributed by atoms with van der Waals surface area (Å²) in [5, 5.41) is 3.15. The Kier molecular flexibility index (Phi) is 3.32. The zero-order valence-corrected chi connectivity index (χ0v) is 9.79. The third-order valence-electron chi connectivity index (χ3n) is 2.57. The van der Waals surface area contributed by atoms with Crippen molar-refractivity contribution in [2.45, 2.75) is 13.5 Å². The molecule has 2 aromatic rings. The quantitative estimate of drug-likeness (QED) is 0.882. The Balaban J connectivity index is 2.07. The monoisotopic (exact) mass is 235 g/mol. The normalized spacial score (nSPS) is 10.3. The second-order valence-electron chi connectivity index (χ2n) is 3.73. The van der Waals surface area contributed by atoms with E-state index in [1.165, 1.54) is 13.2 Å². The van der Waals surface area contributed by atoms with Crippen molar-refractivity contribution >= 4 is 5.69 Å². The first kappa shape index (κ1) is 11.5. The van der Waals surface area contributed by atoms with Gasteiger partial charge in [0.25, 0.3) is 0 Å². The van der Waals surface area contributed by atoms with E-state index < -0.39 is 0 Å². The average molecular weight is 235 g/mol. The van der Waals surface area contributed by atoms with E-state index in [0.29, 0.717) is 6.54 Å². The van der Waals surface area contributed by atoms with Crippen molar-refractivity contribution < 1.29 is 13.5 Å². The molecule has 0 unspecified atom stereocenters. The minimum absolute atomic E-state index is 0.228. The highest BCUT2D eigenvalue weighted by Crippen LogP contribution is 2.22. The molecule has 1 aromatic carbocycles. The van der Waals surface area contributed by atoms with Crippen LogP contribution in [0.4, 0.5) is 10.1 Å². The van der Waals surface area contributed by atoms with E-state index in [9.17, 15) is 4.39 Å². The molecule has 0 radical (unpaired) electrons. The maximum Gasteiger partial charge on any atom is 0.165 e. The highest BCUT2D eigenvalue weighted by molar-refractivity contribution is 5.49. The van der Waals surface area contributed by atoms with Gasteiger partial charge in [0.1, 0.15) is 5.76 Å². The standard InChI is InChI=1S/C13H14FNO2/c1-9-5-6-17-13(9)8-15-10-3-4-11(14)12(7-10)16-2/h3-7,15H,8H2,1-2H3. The number of hydrogen-bond acceptors (Lipinski definition) is 3. The van der Waals surface area contributed by atoms with Gasteiger partial charge in [0.15, 0.2) is 11.6 Å². The Hall–Kier alpha value is -1.97. The topological polar surface area (TPSA) is 34.4 Å². The Labute approximate surface area is 99.2 Å². The molecule has 0 aliphatic rings. The molecule has 0 amide bonds. The third-order valence-corrected chi connectivity index (χ3v) is 2.57. The van der Waals surface area contributed by atoms with Crippen molar-refractivity contribution in [3.05, 3.63) is 47.7 Å². The molecular weight excluding hydrogens is 221 g/mol. The first-order valence-electron chi connectivity index (χ1n) is 5.31. The second-order valence-corrected chi connectivity index (χ2v) is 3.73. The van der Waals surface area contributed by atoms with E-state index in [4.69, 9.17) is 9.15 Å². The van der Waals surface area contributed by atoms with Crippen LogP contribution < -0.4 is 10.1 Å². The largest absolute Gasteiger partial charge is 0.494 e. The summed E-state index contributed by atoms with van der Waals surface area (Å²) < 4.78 is 23.4. The Bertz CT molecular complexity index is 508. The van der Waals surface area contributed by atoms with Gasteiger partial charge in [-0.2, -0.15) is 0 Å². The number of furan rings is 1. The molecule has 0 bridgehead atoms. The molecule has 1 aromatic heterocycles. The summed E-state index contributed by atoms with van der Waals surface area (Å²) in [5.41, 5.74) is 1.88. The lowest BCUT2D eigenvalue weighted by Gasteiger charge is -2.08. The molecule has 0 spiro atoms. The van der Waals surface area contributed by atoms with Gasteiger partial charge in [-0.15, -0.1) is 0 Å². The van der Waals surface area contributed by atoms with Crippen LogP contribution in [0.25, 0.3) is 0 Å². The van der Waals surface area contributed by atoms with E-state index in [0.717, 1.165) is 17.0 Å². The number of hydrogen-bond donors (Lipinski definition) is 1. The fourth-order valence-corrected chi connectivity index (χ4v) is 1.54. The third kappa shape index (κ3) is 2.58. The fourth-order valence-electron chi connectivity index (χ4n) is 1.54. The van der Waals surface area contributed by atoms with Crippen molar-refractivity contribution in [2.75, 3.05) is 12.4 Å². The van der Waals surface area contributed by atoms with Crippen LogP contribution in [0.3, 0.4) is 0 Å². The molecule has 0 aliphatic carbocycles. The maximum atomic E-state index is 13.2. The molecule has 1 N–H and O–H groups in total. The first-order valence-corrected chi connectivity index (χ1v) is 5.31. The lowest BCUT2D eigenvalue weighted by molar-refractivity contribution is 0.387. The van der Waals surface area contributed by atoms with E-state index in [1.54, 1.807) is 18.4 Å². The predicted octanol–water partition coefficient (Wildman–Crippen LogP) is 3.35. The average Bonchev–Trinajstić information content (AvgIpc) is 2.74. The number of benzene rings is 1. The summed E-state index contributed by atoms with van der Waals surface area (Å²) in [4.78, 5) is 0. The van der Waals surface area contributed by atoms with Crippen LogP contribution in [-0.2, 0) is 6.54 Å². The molecule has 90 valence electrons. The van der Waals surface area contributed by atoms with Crippen LogP contribution in [0.15, 0.2) is 34.9 Å². The van der Waals surface area contributed by atoms with Crippen LogP contribution in [0.2, 0.25) is 0 Å². The Morgan fingerprint density at radius 3 is 2.82 bits per heavy atom. The summed E-state index contributed by atoms with van der Waals surface area (Å²) >= 11 is 0. The molecular formula is C13H14FNO2. The zero-order valence-electron chi connectivity index (χ0n) is 9.79. The number of ether oxygens (including phenoxy) is 1. The molecule has 3 nitrogen and oxygen atoms in total. The van der Waals surface area contributed by atoms with E-state index in [-0.39, 0.29) is 11.6 Å². The maximum absolute atomic E-state index is 13.2. The van der Waals surface area contributed by atoms with Gasteiger partial charge in [-0.05, 0) is 30.7 Å². The highest BCUT2D eigenvalue weighted by atomic mass is 19.1. The summed E-state index contributed by atoms with van der Waals surface area (Å²) in [5.74, 6) is 0.728. The number of nitrogens with one attached hydrogen (secondary N) is 1. The molecule has 0 fully saturated rings. The molecule has 1 heterocycles. The van der Waals surface area contributed by atoms with Gasteiger partial charge >= 0.3 is 0 Å². The van der Waals surface area contributed by atoms with Gasteiger partial charge < -0.3 is 14.5 Å². The lowest BCUT2D eigenvalue weighted by atomic mass is 10.2. The lowest BCUT2D eigenvalue weighted by Crippen LogP contribution is -2.00. The number of halogens is 1. The number of methoxy groups -OCH3 is 1. The molecule has 0 aliphatic heterocycles. The Morgan fingerprint density at radius 2 is 2.18 bits per heavy atom. The van der Waals surface area contributed by atoms with Gasteiger partial charge in [0.2, 0.25) is 0 Å². The molecule has 17 heavy (non-hydrogen) atoms. The molecule has 4 heteroatoms. The fraction of sp³-hybridized carbons (Fsp3) is 0.231. The summed E-state index contributed by atoms with van der Waals surface area (Å²) in [6, 6.07) is 6.56.